The summed E-state index contributed by atoms with van der Waals surface area (Å²) < 4.78 is 0. The average molecular weight is 345 g/mol. The van der Waals surface area contributed by atoms with E-state index in [-0.39, 0.29) is 0 Å². The number of carboxylic acid groups (broad SMARTS) is 1. The molecule has 0 aliphatic carbocycles. The summed E-state index contributed by atoms with van der Waals surface area (Å²) >= 11 is 0. The summed E-state index contributed by atoms with van der Waals surface area (Å²) in [7, 11) is 0. The maximum atomic E-state index is 12.1. The fourth-order valence-electron chi connectivity index (χ4n) is 1.92. The molecule has 0 saturated carbocycles. The van der Waals surface area contributed by atoms with E-state index in [1.165, 1.54) is 0 Å². The molecule has 5 N–H and O–H groups in total. The van der Waals surface area contributed by atoms with Crippen LogP contribution in [0.25, 0.3) is 0 Å². The summed E-state index contributed by atoms with van der Waals surface area (Å²) in [5.74, 6) is -1.75. The van der Waals surface area contributed by atoms with Gasteiger partial charge in [0.05, 0.1) is 0 Å². The largest absolute Gasteiger partial charge is 0.480 e. The van der Waals surface area contributed by atoms with Crippen molar-refractivity contribution in [2.24, 2.45) is 11.5 Å². The molecule has 1 aromatic carbocycles. The number of hydrogen-bond donors (Lipinski definition) is 3. The molecule has 1 aromatic rings. The highest BCUT2D eigenvalue weighted by Crippen LogP contribution is 2.23. The van der Waals surface area contributed by atoms with E-state index >= 15 is 0 Å². The van der Waals surface area contributed by atoms with Crippen molar-refractivity contribution in [2.45, 2.75) is 26.4 Å². The monoisotopic (exact) mass is 345 g/mol. The lowest BCUT2D eigenvalue weighted by Crippen LogP contribution is -2.51. The van der Waals surface area contributed by atoms with Crippen molar-refractivity contribution in [1.82, 2.24) is 0 Å². The third-order valence-corrected chi connectivity index (χ3v) is 3.26. The van der Waals surface area contributed by atoms with E-state index in [4.69, 9.17) is 16.6 Å². The zero-order valence-corrected chi connectivity index (χ0v) is 14.8. The van der Waals surface area contributed by atoms with Crippen LogP contribution in [0.2, 0.25) is 0 Å². The van der Waals surface area contributed by atoms with Crippen molar-refractivity contribution in [1.29, 1.82) is 0 Å². The molecule has 0 saturated heterocycles. The van der Waals surface area contributed by atoms with E-state index in [2.05, 4.69) is 13.2 Å². The van der Waals surface area contributed by atoms with E-state index in [0.717, 1.165) is 16.0 Å². The first-order valence-corrected chi connectivity index (χ1v) is 7.75. The summed E-state index contributed by atoms with van der Waals surface area (Å²) in [5, 5.41) is 9.01. The standard InChI is InChI=1S/C15H21N3O3.C4H6/c1-3-10(2)8-11-6-4-5-7-12(11)18(9-13(19)20)15(21)14(16)17;1-3-4-2/h3-7,14H,8-9,16-17H2,1-2H3,(H,19,20);3-4H,1-2H2/b10-3+;. The number of carboxylic acids is 1. The molecule has 0 bridgehead atoms. The third kappa shape index (κ3) is 8.10. The van der Waals surface area contributed by atoms with Gasteiger partial charge in [0.1, 0.15) is 12.7 Å². The Kier molecular flexibility index (Phi) is 10.5. The van der Waals surface area contributed by atoms with Gasteiger partial charge in [-0.3, -0.25) is 14.5 Å². The number of nitrogens with zero attached hydrogens (tertiary/aromatic N) is 1. The molecule has 0 heterocycles. The van der Waals surface area contributed by atoms with Gasteiger partial charge in [0.25, 0.3) is 5.91 Å². The van der Waals surface area contributed by atoms with Crippen LogP contribution < -0.4 is 16.4 Å². The molecule has 1 amide bonds. The van der Waals surface area contributed by atoms with Crippen LogP contribution in [0, 0.1) is 0 Å². The molecule has 0 aromatic heterocycles. The second kappa shape index (κ2) is 11.8. The Bertz CT molecular complexity index is 631. The lowest BCUT2D eigenvalue weighted by molar-refractivity contribution is -0.136. The molecular formula is C19H27N3O3. The third-order valence-electron chi connectivity index (χ3n) is 3.26. The molecule has 0 radical (unpaired) electrons. The summed E-state index contributed by atoms with van der Waals surface area (Å²) in [4.78, 5) is 24.2. The number of allylic oxidation sites excluding steroid dienone is 4. The molecule has 1 rings (SSSR count). The minimum absolute atomic E-state index is 0.477. The van der Waals surface area contributed by atoms with Crippen LogP contribution >= 0.6 is 0 Å². The normalized spacial score (nSPS) is 10.5. The quantitative estimate of drug-likeness (QED) is 0.399. The van der Waals surface area contributed by atoms with Crippen molar-refractivity contribution < 1.29 is 14.7 Å². The lowest BCUT2D eigenvalue weighted by Gasteiger charge is -2.25. The summed E-state index contributed by atoms with van der Waals surface area (Å²) in [6.07, 6.45) is 4.62. The Morgan fingerprint density at radius 3 is 2.24 bits per heavy atom. The van der Waals surface area contributed by atoms with E-state index in [9.17, 15) is 9.59 Å². The maximum Gasteiger partial charge on any atom is 0.323 e. The zero-order valence-electron chi connectivity index (χ0n) is 14.8. The van der Waals surface area contributed by atoms with Crippen molar-refractivity contribution in [3.8, 4) is 0 Å². The Hall–Kier alpha value is -2.70. The Morgan fingerprint density at radius 2 is 1.80 bits per heavy atom. The van der Waals surface area contributed by atoms with E-state index in [1.807, 2.05) is 32.1 Å². The lowest BCUT2D eigenvalue weighted by atomic mass is 10.0. The van der Waals surface area contributed by atoms with Crippen LogP contribution in [-0.4, -0.2) is 29.7 Å². The summed E-state index contributed by atoms with van der Waals surface area (Å²) in [5.41, 5.74) is 13.3. The number of hydrogen-bond acceptors (Lipinski definition) is 4. The highest BCUT2D eigenvalue weighted by atomic mass is 16.4. The minimum Gasteiger partial charge on any atom is -0.480 e. The number of nitrogens with two attached hydrogens (primary N) is 2. The van der Waals surface area contributed by atoms with Crippen LogP contribution in [0.1, 0.15) is 19.4 Å². The highest BCUT2D eigenvalue weighted by molar-refractivity contribution is 6.00. The number of benzene rings is 1. The van der Waals surface area contributed by atoms with Crippen LogP contribution in [0.4, 0.5) is 5.69 Å². The van der Waals surface area contributed by atoms with Crippen LogP contribution in [-0.2, 0) is 16.0 Å². The second-order valence-electron chi connectivity index (χ2n) is 5.26. The predicted octanol–water partition coefficient (Wildman–Crippen LogP) is 2.21. The highest BCUT2D eigenvalue weighted by Gasteiger charge is 2.24. The summed E-state index contributed by atoms with van der Waals surface area (Å²) in [6.45, 7) is 10.1. The van der Waals surface area contributed by atoms with Crippen molar-refractivity contribution in [2.75, 3.05) is 11.4 Å². The van der Waals surface area contributed by atoms with E-state index < -0.39 is 24.6 Å². The summed E-state index contributed by atoms with van der Waals surface area (Å²) in [6, 6.07) is 7.13. The molecule has 0 unspecified atom stereocenters. The molecule has 0 spiro atoms. The van der Waals surface area contributed by atoms with Crippen LogP contribution in [0.15, 0.2) is 61.2 Å². The number of rotatable bonds is 7. The molecule has 25 heavy (non-hydrogen) atoms. The van der Waals surface area contributed by atoms with Crippen LogP contribution in [0.5, 0.6) is 0 Å². The van der Waals surface area contributed by atoms with Crippen LogP contribution in [0.3, 0.4) is 0 Å². The molecule has 6 nitrogen and oxygen atoms in total. The first-order valence-electron chi connectivity index (χ1n) is 7.75. The SMILES string of the molecule is C/C=C(\C)Cc1ccccc1N(CC(=O)O)C(=O)C(N)N.C=CC=C. The maximum absolute atomic E-state index is 12.1. The molecule has 0 aliphatic heterocycles. The van der Waals surface area contributed by atoms with Gasteiger partial charge in [0.2, 0.25) is 0 Å². The number of carbonyl (C=O) groups excluding carboxylic acids is 1. The Balaban J connectivity index is 0.00000129. The van der Waals surface area contributed by atoms with Gasteiger partial charge in [-0.05, 0) is 31.9 Å². The number of amides is 1. The van der Waals surface area contributed by atoms with Gasteiger partial charge < -0.3 is 16.6 Å². The predicted molar refractivity (Wildman–Crippen MR) is 102 cm³/mol. The van der Waals surface area contributed by atoms with Gasteiger partial charge in [-0.1, -0.05) is 55.2 Å². The van der Waals surface area contributed by atoms with Gasteiger partial charge in [-0.15, -0.1) is 0 Å². The number of aliphatic carboxylic acids is 1. The van der Waals surface area contributed by atoms with Crippen molar-refractivity contribution in [3.63, 3.8) is 0 Å². The average Bonchev–Trinajstić information content (AvgIpc) is 2.59. The van der Waals surface area contributed by atoms with Crippen molar-refractivity contribution in [3.05, 3.63) is 66.8 Å². The molecule has 0 fully saturated rings. The molecule has 0 atom stereocenters. The fraction of sp³-hybridized carbons (Fsp3) is 0.263. The number of carbonyl (C=O) groups is 2. The van der Waals surface area contributed by atoms with Gasteiger partial charge >= 0.3 is 5.97 Å². The molecule has 6 heteroatoms. The smallest absolute Gasteiger partial charge is 0.323 e. The van der Waals surface area contributed by atoms with Gasteiger partial charge in [0.15, 0.2) is 0 Å². The zero-order chi connectivity index (χ0) is 19.4. The second-order valence-corrected chi connectivity index (χ2v) is 5.26. The van der Waals surface area contributed by atoms with E-state index in [0.29, 0.717) is 12.1 Å². The minimum atomic E-state index is -1.25. The number of anilines is 1. The Labute approximate surface area is 149 Å². The van der Waals surface area contributed by atoms with Gasteiger partial charge in [0, 0.05) is 5.69 Å². The number of para-hydroxylation sites is 1. The topological polar surface area (TPSA) is 110 Å². The molecular weight excluding hydrogens is 318 g/mol. The van der Waals surface area contributed by atoms with Gasteiger partial charge in [-0.25, -0.2) is 0 Å². The fourth-order valence-corrected chi connectivity index (χ4v) is 1.92. The molecule has 136 valence electrons. The van der Waals surface area contributed by atoms with E-state index in [1.54, 1.807) is 24.3 Å². The first-order chi connectivity index (χ1) is 11.8. The first kappa shape index (κ1) is 22.3. The van der Waals surface area contributed by atoms with Gasteiger partial charge in [-0.2, -0.15) is 0 Å². The van der Waals surface area contributed by atoms with Crippen molar-refractivity contribution >= 4 is 17.6 Å². The molecule has 0 aliphatic rings. The Morgan fingerprint density at radius 1 is 1.24 bits per heavy atom.